The molecule has 1 heterocycles. The van der Waals surface area contributed by atoms with Gasteiger partial charge in [0.15, 0.2) is 0 Å². The van der Waals surface area contributed by atoms with Crippen LogP contribution in [0.1, 0.15) is 11.4 Å². The number of benzene rings is 2. The van der Waals surface area contributed by atoms with Gasteiger partial charge in [0.05, 0.1) is 11.0 Å². The van der Waals surface area contributed by atoms with Crippen LogP contribution in [0.25, 0.3) is 31.9 Å². The molecule has 0 saturated heterocycles. The van der Waals surface area contributed by atoms with Crippen LogP contribution in [0.15, 0.2) is 52.7 Å². The minimum Gasteiger partial charge on any atom is -0.342 e. The van der Waals surface area contributed by atoms with Crippen LogP contribution in [-0.2, 0) is 6.42 Å². The maximum absolute atomic E-state index is 8.58. The maximum atomic E-state index is 8.58. The SMILES string of the molecule is [N-]=[N+]=Nc1cc2nc(Cc3ccccc3)[nH]c2cc1N=[N+]=[N-]. The van der Waals surface area contributed by atoms with Gasteiger partial charge in [-0.2, -0.15) is 0 Å². The van der Waals surface area contributed by atoms with E-state index in [1.165, 1.54) is 0 Å². The van der Waals surface area contributed by atoms with Gasteiger partial charge in [-0.3, -0.25) is 0 Å². The number of fused-ring (bicyclic) bond motifs is 1. The number of aromatic nitrogens is 2. The van der Waals surface area contributed by atoms with Crippen molar-refractivity contribution in [3.8, 4) is 0 Å². The molecule has 0 aliphatic heterocycles. The van der Waals surface area contributed by atoms with Gasteiger partial charge in [-0.1, -0.05) is 40.6 Å². The van der Waals surface area contributed by atoms with E-state index in [1.54, 1.807) is 12.1 Å². The van der Waals surface area contributed by atoms with Crippen LogP contribution >= 0.6 is 0 Å². The number of rotatable bonds is 4. The van der Waals surface area contributed by atoms with Gasteiger partial charge in [0.25, 0.3) is 0 Å². The predicted octanol–water partition coefficient (Wildman–Crippen LogP) is 5.04. The zero-order valence-electron chi connectivity index (χ0n) is 11.4. The number of aromatic amines is 1. The molecule has 0 aliphatic carbocycles. The lowest BCUT2D eigenvalue weighted by molar-refractivity contribution is 1.04. The van der Waals surface area contributed by atoms with Crippen molar-refractivity contribution in [3.05, 3.63) is 74.7 Å². The van der Waals surface area contributed by atoms with Crippen molar-refractivity contribution in [1.29, 1.82) is 0 Å². The molecule has 0 unspecified atom stereocenters. The molecule has 0 atom stereocenters. The second-order valence-corrected chi connectivity index (χ2v) is 4.58. The smallest absolute Gasteiger partial charge is 0.111 e. The number of nitrogens with zero attached hydrogens (tertiary/aromatic N) is 7. The van der Waals surface area contributed by atoms with E-state index < -0.39 is 0 Å². The Bertz CT molecular complexity index is 860. The molecule has 1 aromatic heterocycles. The van der Waals surface area contributed by atoms with E-state index in [4.69, 9.17) is 11.1 Å². The standard InChI is InChI=1S/C14H10N8/c15-21-19-12-7-10-11(8-13(12)20-22-16)18-14(17-10)6-9-4-2-1-3-5-9/h1-5,7-8H,6H2,(H,17,18). The van der Waals surface area contributed by atoms with Gasteiger partial charge in [0.1, 0.15) is 5.82 Å². The van der Waals surface area contributed by atoms with E-state index >= 15 is 0 Å². The summed E-state index contributed by atoms with van der Waals surface area (Å²) in [6.07, 6.45) is 0.656. The fraction of sp³-hybridized carbons (Fsp3) is 0.0714. The van der Waals surface area contributed by atoms with Crippen molar-refractivity contribution < 1.29 is 0 Å². The summed E-state index contributed by atoms with van der Waals surface area (Å²) in [7, 11) is 0. The van der Waals surface area contributed by atoms with Crippen molar-refractivity contribution in [1.82, 2.24) is 9.97 Å². The van der Waals surface area contributed by atoms with Crippen LogP contribution in [0.3, 0.4) is 0 Å². The van der Waals surface area contributed by atoms with E-state index in [1.807, 2.05) is 30.3 Å². The molecule has 0 bridgehead atoms. The first-order chi connectivity index (χ1) is 10.8. The van der Waals surface area contributed by atoms with Crippen molar-refractivity contribution >= 4 is 22.4 Å². The summed E-state index contributed by atoms with van der Waals surface area (Å²) in [4.78, 5) is 13.1. The lowest BCUT2D eigenvalue weighted by Crippen LogP contribution is -1.89. The molecule has 8 nitrogen and oxygen atoms in total. The largest absolute Gasteiger partial charge is 0.342 e. The number of imidazole rings is 1. The average Bonchev–Trinajstić information content (AvgIpc) is 2.90. The van der Waals surface area contributed by atoms with Crippen LogP contribution in [0.4, 0.5) is 11.4 Å². The molecular weight excluding hydrogens is 280 g/mol. The zero-order valence-corrected chi connectivity index (χ0v) is 11.4. The van der Waals surface area contributed by atoms with Crippen LogP contribution in [0, 0.1) is 0 Å². The number of H-pyrrole nitrogens is 1. The van der Waals surface area contributed by atoms with E-state index in [2.05, 4.69) is 30.0 Å². The molecule has 8 heteroatoms. The van der Waals surface area contributed by atoms with Crippen LogP contribution < -0.4 is 0 Å². The molecule has 0 saturated carbocycles. The molecule has 0 amide bonds. The average molecular weight is 290 g/mol. The minimum absolute atomic E-state index is 0.255. The molecule has 1 N–H and O–H groups in total. The Morgan fingerprint density at radius 1 is 1.00 bits per heavy atom. The van der Waals surface area contributed by atoms with E-state index in [9.17, 15) is 0 Å². The van der Waals surface area contributed by atoms with E-state index in [0.29, 0.717) is 11.9 Å². The van der Waals surface area contributed by atoms with Crippen molar-refractivity contribution in [3.63, 3.8) is 0 Å². The number of nitrogens with one attached hydrogen (secondary N) is 1. The number of hydrogen-bond donors (Lipinski definition) is 1. The molecule has 106 valence electrons. The normalized spacial score (nSPS) is 10.0. The topological polar surface area (TPSA) is 126 Å². The molecule has 0 spiro atoms. The Labute approximate surface area is 124 Å². The number of hydrogen-bond acceptors (Lipinski definition) is 3. The van der Waals surface area contributed by atoms with Gasteiger partial charge in [-0.15, -0.1) is 0 Å². The summed E-state index contributed by atoms with van der Waals surface area (Å²) in [6.45, 7) is 0. The molecular formula is C14H10N8. The molecule has 0 fully saturated rings. The Morgan fingerprint density at radius 3 is 2.36 bits per heavy atom. The lowest BCUT2D eigenvalue weighted by Gasteiger charge is -1.97. The summed E-state index contributed by atoms with van der Waals surface area (Å²) < 4.78 is 0. The van der Waals surface area contributed by atoms with Gasteiger partial charge < -0.3 is 4.98 Å². The first-order valence-electron chi connectivity index (χ1n) is 6.47. The third-order valence-electron chi connectivity index (χ3n) is 3.15. The summed E-state index contributed by atoms with van der Waals surface area (Å²) >= 11 is 0. The highest BCUT2D eigenvalue weighted by Crippen LogP contribution is 2.32. The molecule has 3 rings (SSSR count). The first kappa shape index (κ1) is 13.5. The predicted molar refractivity (Wildman–Crippen MR) is 83.0 cm³/mol. The maximum Gasteiger partial charge on any atom is 0.111 e. The van der Waals surface area contributed by atoms with Gasteiger partial charge in [0, 0.05) is 27.6 Å². The summed E-state index contributed by atoms with van der Waals surface area (Å²) in [5, 5.41) is 7.07. The van der Waals surface area contributed by atoms with Gasteiger partial charge in [-0.25, -0.2) is 4.98 Å². The molecule has 0 aliphatic rings. The fourth-order valence-corrected chi connectivity index (χ4v) is 2.22. The van der Waals surface area contributed by atoms with Crippen LogP contribution in [0.2, 0.25) is 0 Å². The lowest BCUT2D eigenvalue weighted by atomic mass is 10.1. The van der Waals surface area contributed by atoms with E-state index in [0.717, 1.165) is 16.9 Å². The van der Waals surface area contributed by atoms with Crippen molar-refractivity contribution in [2.45, 2.75) is 6.42 Å². The highest BCUT2D eigenvalue weighted by atomic mass is 15.2. The minimum atomic E-state index is 0.255. The monoisotopic (exact) mass is 290 g/mol. The Morgan fingerprint density at radius 2 is 1.68 bits per heavy atom. The van der Waals surface area contributed by atoms with Crippen LogP contribution in [-0.4, -0.2) is 9.97 Å². The third kappa shape index (κ3) is 2.69. The third-order valence-corrected chi connectivity index (χ3v) is 3.15. The second-order valence-electron chi connectivity index (χ2n) is 4.58. The summed E-state index contributed by atoms with van der Waals surface area (Å²) in [6, 6.07) is 13.2. The highest BCUT2D eigenvalue weighted by molar-refractivity contribution is 5.85. The van der Waals surface area contributed by atoms with Gasteiger partial charge >= 0.3 is 0 Å². The Kier molecular flexibility index (Phi) is 3.61. The summed E-state index contributed by atoms with van der Waals surface area (Å²) in [5.41, 5.74) is 20.2. The quantitative estimate of drug-likeness (QED) is 0.403. The van der Waals surface area contributed by atoms with Crippen molar-refractivity contribution in [2.75, 3.05) is 0 Å². The van der Waals surface area contributed by atoms with Gasteiger partial charge in [-0.05, 0) is 28.8 Å². The first-order valence-corrected chi connectivity index (χ1v) is 6.47. The Balaban J connectivity index is 2.05. The van der Waals surface area contributed by atoms with Gasteiger partial charge in [0.2, 0.25) is 0 Å². The molecule has 0 radical (unpaired) electrons. The second kappa shape index (κ2) is 5.88. The zero-order chi connectivity index (χ0) is 15.4. The van der Waals surface area contributed by atoms with Crippen molar-refractivity contribution in [2.24, 2.45) is 10.2 Å². The Hall–Kier alpha value is -3.47. The van der Waals surface area contributed by atoms with E-state index in [-0.39, 0.29) is 11.4 Å². The highest BCUT2D eigenvalue weighted by Gasteiger charge is 2.08. The number of azide groups is 2. The summed E-state index contributed by atoms with van der Waals surface area (Å²) in [5.74, 6) is 0.783. The van der Waals surface area contributed by atoms with Crippen LogP contribution in [0.5, 0.6) is 0 Å². The molecule has 22 heavy (non-hydrogen) atoms. The molecule has 2 aromatic carbocycles. The fourth-order valence-electron chi connectivity index (χ4n) is 2.22. The molecule has 3 aromatic rings.